The van der Waals surface area contributed by atoms with Gasteiger partial charge in [-0.3, -0.25) is 4.79 Å². The summed E-state index contributed by atoms with van der Waals surface area (Å²) in [5, 5.41) is 50.0. The Hall–Kier alpha value is -1.13. The van der Waals surface area contributed by atoms with Gasteiger partial charge in [0, 0.05) is 11.8 Å². The lowest BCUT2D eigenvalue weighted by molar-refractivity contribution is -0.306. The molecule has 1 fully saturated rings. The Kier molecular flexibility index (Phi) is 6.63. The van der Waals surface area contributed by atoms with E-state index in [1.165, 1.54) is 6.08 Å². The molecule has 1 unspecified atom stereocenters. The monoisotopic (exact) mass is 386 g/mol. The number of allylic oxidation sites excluding steroid dienone is 1. The normalized spacial score (nSPS) is 40.9. The van der Waals surface area contributed by atoms with Gasteiger partial charge in [0.15, 0.2) is 12.1 Å². The van der Waals surface area contributed by atoms with E-state index >= 15 is 0 Å². The minimum Gasteiger partial charge on any atom is -0.394 e. The Morgan fingerprint density at radius 1 is 1.30 bits per heavy atom. The summed E-state index contributed by atoms with van der Waals surface area (Å²) in [5.74, 6) is -0.0406. The van der Waals surface area contributed by atoms with E-state index in [9.17, 15) is 30.3 Å². The van der Waals surface area contributed by atoms with Gasteiger partial charge in [0.25, 0.3) is 0 Å². The molecular formula is C19H30O8. The van der Waals surface area contributed by atoms with Gasteiger partial charge in [-0.1, -0.05) is 19.9 Å². The molecule has 7 atom stereocenters. The number of aliphatic hydroxyl groups excluding tert-OH is 4. The maximum absolute atomic E-state index is 11.8. The first kappa shape index (κ1) is 22.2. The maximum atomic E-state index is 11.8. The molecule has 5 N–H and O–H groups in total. The van der Waals surface area contributed by atoms with Crippen LogP contribution in [0.5, 0.6) is 0 Å². The minimum absolute atomic E-state index is 0.0406. The van der Waals surface area contributed by atoms with Crippen molar-refractivity contribution >= 4 is 5.78 Å². The van der Waals surface area contributed by atoms with Crippen molar-refractivity contribution in [3.8, 4) is 0 Å². The number of hydrogen-bond acceptors (Lipinski definition) is 8. The van der Waals surface area contributed by atoms with Gasteiger partial charge in [0.05, 0.1) is 12.7 Å². The van der Waals surface area contributed by atoms with Crippen molar-refractivity contribution in [1.82, 2.24) is 0 Å². The molecule has 0 spiro atoms. The highest BCUT2D eigenvalue weighted by Gasteiger charge is 2.47. The lowest BCUT2D eigenvalue weighted by Crippen LogP contribution is -2.59. The number of ketones is 1. The molecule has 2 aliphatic rings. The zero-order valence-corrected chi connectivity index (χ0v) is 16.1. The van der Waals surface area contributed by atoms with Crippen molar-refractivity contribution < 1.29 is 39.8 Å². The van der Waals surface area contributed by atoms with Crippen LogP contribution in [0.4, 0.5) is 0 Å². The molecule has 0 radical (unpaired) electrons. The van der Waals surface area contributed by atoms with Gasteiger partial charge < -0.3 is 35.0 Å². The molecular weight excluding hydrogens is 356 g/mol. The van der Waals surface area contributed by atoms with E-state index < -0.39 is 54.4 Å². The van der Waals surface area contributed by atoms with Crippen LogP contribution in [-0.2, 0) is 14.3 Å². The number of carbonyl (C=O) groups excluding carboxylic acids is 1. The zero-order valence-electron chi connectivity index (χ0n) is 16.1. The van der Waals surface area contributed by atoms with Crippen LogP contribution in [-0.4, -0.2) is 80.3 Å². The van der Waals surface area contributed by atoms with Crippen LogP contribution >= 0.6 is 0 Å². The molecule has 1 saturated heterocycles. The molecule has 154 valence electrons. The number of carbonyl (C=O) groups is 1. The highest BCUT2D eigenvalue weighted by molar-refractivity contribution is 5.92. The molecule has 8 heteroatoms. The third-order valence-electron chi connectivity index (χ3n) is 5.43. The van der Waals surface area contributed by atoms with Gasteiger partial charge in [0.2, 0.25) is 0 Å². The topological polar surface area (TPSA) is 137 Å². The highest BCUT2D eigenvalue weighted by Crippen LogP contribution is 2.44. The van der Waals surface area contributed by atoms with Crippen LogP contribution < -0.4 is 0 Å². The molecule has 0 aromatic carbocycles. The summed E-state index contributed by atoms with van der Waals surface area (Å²) in [6.07, 6.45) is -2.64. The summed E-state index contributed by atoms with van der Waals surface area (Å²) in [4.78, 5) is 11.8. The average molecular weight is 386 g/mol. The largest absolute Gasteiger partial charge is 0.394 e. The van der Waals surface area contributed by atoms with E-state index in [0.717, 1.165) is 0 Å². The molecule has 0 aromatic heterocycles. The van der Waals surface area contributed by atoms with Crippen LogP contribution in [0.2, 0.25) is 0 Å². The first-order valence-electron chi connectivity index (χ1n) is 9.02. The van der Waals surface area contributed by atoms with Crippen molar-refractivity contribution in [3.05, 3.63) is 23.8 Å². The first-order valence-corrected chi connectivity index (χ1v) is 9.02. The van der Waals surface area contributed by atoms with Crippen molar-refractivity contribution in [1.29, 1.82) is 0 Å². The number of ether oxygens (including phenoxy) is 2. The van der Waals surface area contributed by atoms with Crippen LogP contribution in [0.25, 0.3) is 0 Å². The maximum Gasteiger partial charge on any atom is 0.187 e. The Morgan fingerprint density at radius 2 is 1.93 bits per heavy atom. The van der Waals surface area contributed by atoms with E-state index in [2.05, 4.69) is 0 Å². The number of hydrogen-bond donors (Lipinski definition) is 5. The third-order valence-corrected chi connectivity index (χ3v) is 5.43. The lowest BCUT2D eigenvalue weighted by Gasteiger charge is -2.44. The fraction of sp³-hybridized carbons (Fsp3) is 0.737. The van der Waals surface area contributed by atoms with Gasteiger partial charge >= 0.3 is 0 Å². The molecule has 0 saturated carbocycles. The summed E-state index contributed by atoms with van der Waals surface area (Å²) in [7, 11) is 0. The molecule has 2 rings (SSSR count). The van der Waals surface area contributed by atoms with E-state index in [0.29, 0.717) is 5.57 Å². The zero-order chi connectivity index (χ0) is 20.6. The third kappa shape index (κ3) is 4.32. The molecule has 1 heterocycles. The van der Waals surface area contributed by atoms with Crippen LogP contribution in [0.3, 0.4) is 0 Å². The predicted molar refractivity (Wildman–Crippen MR) is 95.6 cm³/mol. The summed E-state index contributed by atoms with van der Waals surface area (Å²) in [6.45, 7) is 6.40. The van der Waals surface area contributed by atoms with E-state index in [4.69, 9.17) is 9.47 Å². The fourth-order valence-electron chi connectivity index (χ4n) is 3.58. The molecule has 1 aliphatic heterocycles. The second-order valence-corrected chi connectivity index (χ2v) is 8.02. The summed E-state index contributed by atoms with van der Waals surface area (Å²) >= 11 is 0. The van der Waals surface area contributed by atoms with E-state index in [1.54, 1.807) is 39.8 Å². The summed E-state index contributed by atoms with van der Waals surface area (Å²) in [6, 6.07) is 0. The SMILES string of the molecule is CC1=CC(=O)CC(C)(C)[C@]1(O)/C=C/C(C)O[C@H]1O[C@@H](CO)[C@H](O)[C@@H](O)[C@@H]1O. The van der Waals surface area contributed by atoms with Crippen LogP contribution in [0.15, 0.2) is 23.8 Å². The molecule has 1 aliphatic carbocycles. The van der Waals surface area contributed by atoms with Crippen LogP contribution in [0, 0.1) is 5.41 Å². The number of rotatable bonds is 5. The Morgan fingerprint density at radius 3 is 2.48 bits per heavy atom. The quantitative estimate of drug-likeness (QED) is 0.396. The van der Waals surface area contributed by atoms with Crippen molar-refractivity contribution in [2.45, 2.75) is 76.5 Å². The first-order chi connectivity index (χ1) is 12.4. The smallest absolute Gasteiger partial charge is 0.187 e. The van der Waals surface area contributed by atoms with E-state index in [1.807, 2.05) is 0 Å². The fourth-order valence-corrected chi connectivity index (χ4v) is 3.58. The van der Waals surface area contributed by atoms with Crippen molar-refractivity contribution in [2.24, 2.45) is 5.41 Å². The minimum atomic E-state index is -1.52. The number of aliphatic hydroxyl groups is 5. The standard InChI is InChI=1S/C19H30O8/c1-10-7-12(21)8-18(3,4)19(10,25)6-5-11(2)26-17-16(24)15(23)14(22)13(9-20)27-17/h5-7,11,13-17,20,22-25H,8-9H2,1-4H3/b6-5+/t11?,13-,14-,15+,16-,17-,19-/m0/s1. The van der Waals surface area contributed by atoms with Gasteiger partial charge in [-0.15, -0.1) is 0 Å². The molecule has 0 bridgehead atoms. The molecule has 0 aromatic rings. The second-order valence-electron chi connectivity index (χ2n) is 8.02. The Labute approximate surface area is 158 Å². The van der Waals surface area contributed by atoms with Crippen molar-refractivity contribution in [3.63, 3.8) is 0 Å². The summed E-state index contributed by atoms with van der Waals surface area (Å²) in [5.41, 5.74) is -1.52. The molecule has 8 nitrogen and oxygen atoms in total. The Balaban J connectivity index is 2.11. The Bertz CT molecular complexity index is 611. The van der Waals surface area contributed by atoms with Gasteiger partial charge in [-0.2, -0.15) is 0 Å². The van der Waals surface area contributed by atoms with Gasteiger partial charge in [-0.25, -0.2) is 0 Å². The second kappa shape index (κ2) is 8.08. The highest BCUT2D eigenvalue weighted by atomic mass is 16.7. The van der Waals surface area contributed by atoms with Crippen molar-refractivity contribution in [2.75, 3.05) is 6.61 Å². The van der Waals surface area contributed by atoms with Gasteiger partial charge in [0.1, 0.15) is 30.0 Å². The van der Waals surface area contributed by atoms with Gasteiger partial charge in [-0.05, 0) is 31.6 Å². The van der Waals surface area contributed by atoms with Crippen LogP contribution in [0.1, 0.15) is 34.1 Å². The average Bonchev–Trinajstić information content (AvgIpc) is 2.58. The van der Waals surface area contributed by atoms with E-state index in [-0.39, 0.29) is 12.2 Å². The lowest BCUT2D eigenvalue weighted by atomic mass is 9.64. The summed E-state index contributed by atoms with van der Waals surface area (Å²) < 4.78 is 10.9. The molecule has 0 amide bonds. The predicted octanol–water partition coefficient (Wildman–Crippen LogP) is -0.576. The molecule has 27 heavy (non-hydrogen) atoms.